The summed E-state index contributed by atoms with van der Waals surface area (Å²) in [4.78, 5) is 7.75. The Morgan fingerprint density at radius 1 is 1.38 bits per heavy atom. The number of rotatable bonds is 3. The first-order chi connectivity index (χ1) is 5.99. The van der Waals surface area contributed by atoms with E-state index in [1.54, 1.807) is 0 Å². The molecule has 0 saturated carbocycles. The van der Waals surface area contributed by atoms with Crippen LogP contribution in [-0.2, 0) is 0 Å². The van der Waals surface area contributed by atoms with Gasteiger partial charge in [-0.25, -0.2) is 9.97 Å². The van der Waals surface area contributed by atoms with Crippen LogP contribution < -0.4 is 16.2 Å². The number of hydrogen-bond acceptors (Lipinski definition) is 5. The monoisotopic (exact) mass is 182 g/mol. The standard InChI is InChI=1S/C8H14N4O/c1-8(2,10)5-13-7-6(9)11-3-4-12-7/h3-4H,5,10H2,1-2H3,(H2,9,11). The van der Waals surface area contributed by atoms with Crippen LogP contribution in [-0.4, -0.2) is 22.1 Å². The molecule has 5 heteroatoms. The summed E-state index contributed by atoms with van der Waals surface area (Å²) in [6, 6.07) is 0. The van der Waals surface area contributed by atoms with E-state index in [0.29, 0.717) is 12.5 Å². The van der Waals surface area contributed by atoms with Gasteiger partial charge < -0.3 is 16.2 Å². The average molecular weight is 182 g/mol. The van der Waals surface area contributed by atoms with Crippen LogP contribution in [0, 0.1) is 0 Å². The van der Waals surface area contributed by atoms with Crippen LogP contribution >= 0.6 is 0 Å². The second-order valence-electron chi connectivity index (χ2n) is 3.52. The fourth-order valence-electron chi connectivity index (χ4n) is 0.702. The van der Waals surface area contributed by atoms with E-state index in [9.17, 15) is 0 Å². The molecule has 1 aromatic heterocycles. The fourth-order valence-corrected chi connectivity index (χ4v) is 0.702. The van der Waals surface area contributed by atoms with E-state index in [-0.39, 0.29) is 5.82 Å². The molecular formula is C8H14N4O. The zero-order valence-corrected chi connectivity index (χ0v) is 7.82. The Kier molecular flexibility index (Phi) is 2.67. The second-order valence-corrected chi connectivity index (χ2v) is 3.52. The second kappa shape index (κ2) is 3.57. The Morgan fingerprint density at radius 3 is 2.54 bits per heavy atom. The summed E-state index contributed by atoms with van der Waals surface area (Å²) >= 11 is 0. The molecule has 5 nitrogen and oxygen atoms in total. The summed E-state index contributed by atoms with van der Waals surface area (Å²) in [7, 11) is 0. The third-order valence-corrected chi connectivity index (χ3v) is 1.27. The minimum atomic E-state index is -0.399. The van der Waals surface area contributed by atoms with Crippen molar-refractivity contribution in [1.82, 2.24) is 9.97 Å². The van der Waals surface area contributed by atoms with E-state index in [1.165, 1.54) is 12.4 Å². The lowest BCUT2D eigenvalue weighted by molar-refractivity contribution is 0.236. The number of ether oxygens (including phenoxy) is 1. The number of hydrogen-bond donors (Lipinski definition) is 2. The number of nitrogen functional groups attached to an aromatic ring is 1. The van der Waals surface area contributed by atoms with Gasteiger partial charge in [0, 0.05) is 17.9 Å². The molecule has 1 rings (SSSR count). The van der Waals surface area contributed by atoms with Crippen LogP contribution in [0.15, 0.2) is 12.4 Å². The lowest BCUT2D eigenvalue weighted by Gasteiger charge is -2.18. The smallest absolute Gasteiger partial charge is 0.257 e. The van der Waals surface area contributed by atoms with Gasteiger partial charge in [0.15, 0.2) is 5.82 Å². The Labute approximate surface area is 77.1 Å². The first-order valence-corrected chi connectivity index (χ1v) is 3.97. The molecule has 0 aliphatic carbocycles. The largest absolute Gasteiger partial charge is 0.473 e. The highest BCUT2D eigenvalue weighted by molar-refractivity contribution is 5.38. The van der Waals surface area contributed by atoms with Crippen molar-refractivity contribution in [2.24, 2.45) is 5.73 Å². The van der Waals surface area contributed by atoms with Gasteiger partial charge in [-0.2, -0.15) is 0 Å². The van der Waals surface area contributed by atoms with E-state index in [2.05, 4.69) is 9.97 Å². The highest BCUT2D eigenvalue weighted by atomic mass is 16.5. The number of anilines is 1. The molecule has 0 atom stereocenters. The molecule has 1 aromatic rings. The van der Waals surface area contributed by atoms with Gasteiger partial charge >= 0.3 is 0 Å². The molecule has 1 heterocycles. The van der Waals surface area contributed by atoms with Crippen molar-refractivity contribution in [2.45, 2.75) is 19.4 Å². The van der Waals surface area contributed by atoms with E-state index >= 15 is 0 Å². The molecular weight excluding hydrogens is 168 g/mol. The molecule has 0 saturated heterocycles. The van der Waals surface area contributed by atoms with Crippen molar-refractivity contribution in [2.75, 3.05) is 12.3 Å². The zero-order valence-electron chi connectivity index (χ0n) is 7.82. The number of nitrogens with zero attached hydrogens (tertiary/aromatic N) is 2. The highest BCUT2D eigenvalue weighted by Gasteiger charge is 2.13. The van der Waals surface area contributed by atoms with Crippen molar-refractivity contribution in [1.29, 1.82) is 0 Å². The molecule has 0 unspecified atom stereocenters. The molecule has 4 N–H and O–H groups in total. The average Bonchev–Trinajstić information content (AvgIpc) is 2.01. The summed E-state index contributed by atoms with van der Waals surface area (Å²) in [5.41, 5.74) is 10.8. The molecule has 0 radical (unpaired) electrons. The fraction of sp³-hybridized carbons (Fsp3) is 0.500. The quantitative estimate of drug-likeness (QED) is 0.696. The van der Waals surface area contributed by atoms with Gasteiger partial charge in [0.2, 0.25) is 0 Å². The first kappa shape index (κ1) is 9.73. The van der Waals surface area contributed by atoms with Crippen molar-refractivity contribution in [3.63, 3.8) is 0 Å². The van der Waals surface area contributed by atoms with Crippen molar-refractivity contribution < 1.29 is 4.74 Å². The first-order valence-electron chi connectivity index (χ1n) is 3.97. The van der Waals surface area contributed by atoms with Crippen LogP contribution in [0.25, 0.3) is 0 Å². The molecule has 13 heavy (non-hydrogen) atoms. The zero-order chi connectivity index (χ0) is 9.90. The van der Waals surface area contributed by atoms with Crippen molar-refractivity contribution in [3.05, 3.63) is 12.4 Å². The minimum Gasteiger partial charge on any atom is -0.473 e. The van der Waals surface area contributed by atoms with E-state index < -0.39 is 5.54 Å². The predicted octanol–water partition coefficient (Wildman–Crippen LogP) is 0.175. The van der Waals surface area contributed by atoms with Crippen LogP contribution in [0.3, 0.4) is 0 Å². The number of aromatic nitrogens is 2. The lowest BCUT2D eigenvalue weighted by atomic mass is 10.1. The molecule has 0 spiro atoms. The summed E-state index contributed by atoms with van der Waals surface area (Å²) in [5, 5.41) is 0. The van der Waals surface area contributed by atoms with Gasteiger partial charge in [-0.05, 0) is 13.8 Å². The maximum absolute atomic E-state index is 5.72. The molecule has 0 bridgehead atoms. The molecule has 0 fully saturated rings. The Hall–Kier alpha value is -1.36. The van der Waals surface area contributed by atoms with Gasteiger partial charge in [0.05, 0.1) is 0 Å². The van der Waals surface area contributed by atoms with Gasteiger partial charge in [0.25, 0.3) is 5.88 Å². The summed E-state index contributed by atoms with van der Waals surface area (Å²) in [6.45, 7) is 4.08. The van der Waals surface area contributed by atoms with Crippen molar-refractivity contribution in [3.8, 4) is 5.88 Å². The Bertz CT molecular complexity index is 282. The molecule has 72 valence electrons. The molecule has 0 aliphatic rings. The van der Waals surface area contributed by atoms with Gasteiger partial charge in [-0.3, -0.25) is 0 Å². The highest BCUT2D eigenvalue weighted by Crippen LogP contribution is 2.13. The topological polar surface area (TPSA) is 87.0 Å². The maximum atomic E-state index is 5.72. The summed E-state index contributed by atoms with van der Waals surface area (Å²) in [5.74, 6) is 0.618. The van der Waals surface area contributed by atoms with Gasteiger partial charge in [0.1, 0.15) is 6.61 Å². The third kappa shape index (κ3) is 3.25. The van der Waals surface area contributed by atoms with Crippen LogP contribution in [0.2, 0.25) is 0 Å². The van der Waals surface area contributed by atoms with Crippen molar-refractivity contribution >= 4 is 5.82 Å². The van der Waals surface area contributed by atoms with Gasteiger partial charge in [-0.1, -0.05) is 0 Å². The maximum Gasteiger partial charge on any atom is 0.257 e. The van der Waals surface area contributed by atoms with E-state index in [4.69, 9.17) is 16.2 Å². The van der Waals surface area contributed by atoms with Gasteiger partial charge in [-0.15, -0.1) is 0 Å². The SMILES string of the molecule is CC(C)(N)COc1nccnc1N. The number of nitrogens with two attached hydrogens (primary N) is 2. The molecule has 0 aliphatic heterocycles. The van der Waals surface area contributed by atoms with Crippen LogP contribution in [0.1, 0.15) is 13.8 Å². The molecule has 0 amide bonds. The molecule has 0 aromatic carbocycles. The summed E-state index contributed by atoms with van der Waals surface area (Å²) < 4.78 is 5.28. The summed E-state index contributed by atoms with van der Waals surface area (Å²) in [6.07, 6.45) is 3.03. The Balaban J connectivity index is 2.60. The van der Waals surface area contributed by atoms with E-state index in [1.807, 2.05) is 13.8 Å². The van der Waals surface area contributed by atoms with Crippen LogP contribution in [0.4, 0.5) is 5.82 Å². The minimum absolute atomic E-state index is 0.284. The van der Waals surface area contributed by atoms with E-state index in [0.717, 1.165) is 0 Å². The van der Waals surface area contributed by atoms with Crippen LogP contribution in [0.5, 0.6) is 5.88 Å². The Morgan fingerprint density at radius 2 is 2.00 bits per heavy atom. The normalized spacial score (nSPS) is 11.3. The predicted molar refractivity (Wildman–Crippen MR) is 50.2 cm³/mol. The third-order valence-electron chi connectivity index (χ3n) is 1.27. The lowest BCUT2D eigenvalue weighted by Crippen LogP contribution is -2.38.